The average molecular weight is 292 g/mol. The minimum Gasteiger partial charge on any atom is -0.493 e. The van der Waals surface area contributed by atoms with E-state index in [2.05, 4.69) is 24.0 Å². The Balaban J connectivity index is 2.33. The van der Waals surface area contributed by atoms with Gasteiger partial charge >= 0.3 is 0 Å². The van der Waals surface area contributed by atoms with Gasteiger partial charge in [0.15, 0.2) is 11.5 Å². The van der Waals surface area contributed by atoms with Gasteiger partial charge in [0.05, 0.1) is 14.2 Å². The molecule has 1 saturated heterocycles. The van der Waals surface area contributed by atoms with Crippen LogP contribution in [0.25, 0.3) is 0 Å². The number of ether oxygens (including phenoxy) is 2. The van der Waals surface area contributed by atoms with Crippen molar-refractivity contribution in [1.29, 1.82) is 0 Å². The molecule has 2 unspecified atom stereocenters. The molecule has 0 aliphatic carbocycles. The Morgan fingerprint density at radius 3 is 2.62 bits per heavy atom. The Morgan fingerprint density at radius 1 is 1.24 bits per heavy atom. The number of nitrogens with zero attached hydrogens (tertiary/aromatic N) is 1. The average Bonchev–Trinajstić information content (AvgIpc) is 2.54. The number of benzene rings is 1. The Bertz CT molecular complexity index is 448. The van der Waals surface area contributed by atoms with Gasteiger partial charge in [0.25, 0.3) is 0 Å². The highest BCUT2D eigenvalue weighted by Gasteiger charge is 2.31. The summed E-state index contributed by atoms with van der Waals surface area (Å²) in [6, 6.07) is 6.66. The van der Waals surface area contributed by atoms with E-state index < -0.39 is 0 Å². The molecule has 1 fully saturated rings. The summed E-state index contributed by atoms with van der Waals surface area (Å²) in [5, 5.41) is 0. The van der Waals surface area contributed by atoms with Crippen molar-refractivity contribution in [3.63, 3.8) is 0 Å². The summed E-state index contributed by atoms with van der Waals surface area (Å²) in [5.74, 6) is 2.10. The third-order valence-electron chi connectivity index (χ3n) is 4.42. The summed E-state index contributed by atoms with van der Waals surface area (Å²) < 4.78 is 10.8. The maximum Gasteiger partial charge on any atom is 0.161 e. The van der Waals surface area contributed by atoms with Crippen LogP contribution in [0.15, 0.2) is 18.2 Å². The molecular formula is C17H28N2O2. The van der Waals surface area contributed by atoms with Crippen LogP contribution < -0.4 is 15.2 Å². The van der Waals surface area contributed by atoms with Crippen LogP contribution in [0, 0.1) is 5.92 Å². The van der Waals surface area contributed by atoms with E-state index in [1.54, 1.807) is 14.2 Å². The molecule has 2 atom stereocenters. The van der Waals surface area contributed by atoms with Crippen molar-refractivity contribution in [2.45, 2.75) is 32.2 Å². The van der Waals surface area contributed by atoms with Gasteiger partial charge in [-0.05, 0) is 62.5 Å². The van der Waals surface area contributed by atoms with Crippen molar-refractivity contribution in [2.75, 3.05) is 33.9 Å². The normalized spacial score (nSPS) is 23.0. The van der Waals surface area contributed by atoms with Gasteiger partial charge in [0.1, 0.15) is 0 Å². The third kappa shape index (κ3) is 3.50. The monoisotopic (exact) mass is 292 g/mol. The summed E-state index contributed by atoms with van der Waals surface area (Å²) >= 11 is 0. The number of rotatable bonds is 6. The fraction of sp³-hybridized carbons (Fsp3) is 0.647. The molecule has 0 radical (unpaired) electrons. The molecule has 2 N–H and O–H groups in total. The number of methoxy groups -OCH3 is 2. The van der Waals surface area contributed by atoms with E-state index in [-0.39, 0.29) is 0 Å². The number of piperidine rings is 1. The van der Waals surface area contributed by atoms with Gasteiger partial charge in [0, 0.05) is 6.04 Å². The Labute approximate surface area is 128 Å². The van der Waals surface area contributed by atoms with E-state index in [4.69, 9.17) is 15.2 Å². The summed E-state index contributed by atoms with van der Waals surface area (Å²) in [5.41, 5.74) is 7.32. The number of nitrogens with two attached hydrogens (primary N) is 1. The Hall–Kier alpha value is -1.26. The zero-order chi connectivity index (χ0) is 15.2. The molecule has 0 amide bonds. The molecule has 1 heterocycles. The van der Waals surface area contributed by atoms with Crippen LogP contribution in [0.2, 0.25) is 0 Å². The van der Waals surface area contributed by atoms with Gasteiger partial charge in [-0.1, -0.05) is 13.0 Å². The van der Waals surface area contributed by atoms with Crippen LogP contribution in [0.5, 0.6) is 11.5 Å². The highest BCUT2D eigenvalue weighted by Crippen LogP contribution is 2.39. The summed E-state index contributed by atoms with van der Waals surface area (Å²) in [6.07, 6.45) is 3.61. The van der Waals surface area contributed by atoms with Gasteiger partial charge in [-0.3, -0.25) is 4.90 Å². The summed E-state index contributed by atoms with van der Waals surface area (Å²) in [4.78, 5) is 2.57. The van der Waals surface area contributed by atoms with Crippen molar-refractivity contribution < 1.29 is 9.47 Å². The highest BCUT2D eigenvalue weighted by atomic mass is 16.5. The smallest absolute Gasteiger partial charge is 0.161 e. The Kier molecular flexibility index (Phi) is 5.88. The lowest BCUT2D eigenvalue weighted by atomic mass is 9.84. The number of hydrogen-bond acceptors (Lipinski definition) is 4. The molecule has 4 heteroatoms. The molecule has 1 aliphatic heterocycles. The van der Waals surface area contributed by atoms with Crippen molar-refractivity contribution in [3.05, 3.63) is 23.8 Å². The first-order chi connectivity index (χ1) is 10.2. The number of likely N-dealkylation sites (tertiary alicyclic amines) is 1. The van der Waals surface area contributed by atoms with Gasteiger partial charge in [-0.2, -0.15) is 0 Å². The zero-order valence-electron chi connectivity index (χ0n) is 13.5. The molecule has 0 aromatic heterocycles. The van der Waals surface area contributed by atoms with Crippen LogP contribution in [-0.2, 0) is 0 Å². The second-order valence-electron chi connectivity index (χ2n) is 5.73. The fourth-order valence-corrected chi connectivity index (χ4v) is 3.46. The van der Waals surface area contributed by atoms with Crippen molar-refractivity contribution in [1.82, 2.24) is 4.90 Å². The molecule has 118 valence electrons. The molecule has 0 bridgehead atoms. The standard InChI is InChI=1S/C17H28N2O2/c1-4-9-19-10-5-6-14(12-18)17(19)13-7-8-15(20-2)16(11-13)21-3/h7-8,11,14,17H,4-6,9-10,12,18H2,1-3H3. The van der Waals surface area contributed by atoms with Crippen molar-refractivity contribution in [3.8, 4) is 11.5 Å². The lowest BCUT2D eigenvalue weighted by Gasteiger charge is -2.41. The third-order valence-corrected chi connectivity index (χ3v) is 4.42. The second-order valence-corrected chi connectivity index (χ2v) is 5.73. The molecule has 4 nitrogen and oxygen atoms in total. The van der Waals surface area contributed by atoms with Crippen LogP contribution in [-0.4, -0.2) is 38.8 Å². The molecule has 1 aromatic rings. The Morgan fingerprint density at radius 2 is 2.00 bits per heavy atom. The van der Waals surface area contributed by atoms with Crippen LogP contribution in [0.1, 0.15) is 37.8 Å². The first-order valence-corrected chi connectivity index (χ1v) is 7.91. The summed E-state index contributed by atoms with van der Waals surface area (Å²) in [7, 11) is 3.36. The van der Waals surface area contributed by atoms with E-state index in [0.717, 1.165) is 31.1 Å². The topological polar surface area (TPSA) is 47.7 Å². The summed E-state index contributed by atoms with van der Waals surface area (Å²) in [6.45, 7) is 5.25. The van der Waals surface area contributed by atoms with Crippen LogP contribution in [0.4, 0.5) is 0 Å². The fourth-order valence-electron chi connectivity index (χ4n) is 3.46. The van der Waals surface area contributed by atoms with E-state index in [9.17, 15) is 0 Å². The van der Waals surface area contributed by atoms with Crippen LogP contribution in [0.3, 0.4) is 0 Å². The lowest BCUT2D eigenvalue weighted by molar-refractivity contribution is 0.0958. The maximum atomic E-state index is 6.03. The lowest BCUT2D eigenvalue weighted by Crippen LogP contribution is -2.41. The molecule has 1 aliphatic rings. The minimum absolute atomic E-state index is 0.392. The maximum absolute atomic E-state index is 6.03. The van der Waals surface area contributed by atoms with Gasteiger partial charge in [0.2, 0.25) is 0 Å². The van der Waals surface area contributed by atoms with Gasteiger partial charge in [-0.15, -0.1) is 0 Å². The molecule has 1 aromatic carbocycles. The van der Waals surface area contributed by atoms with Gasteiger partial charge < -0.3 is 15.2 Å². The molecule has 2 rings (SSSR count). The first kappa shape index (κ1) is 16.1. The highest BCUT2D eigenvalue weighted by molar-refractivity contribution is 5.44. The SMILES string of the molecule is CCCN1CCCC(CN)C1c1ccc(OC)c(OC)c1. The van der Waals surface area contributed by atoms with Crippen LogP contribution >= 0.6 is 0 Å². The molecule has 0 saturated carbocycles. The minimum atomic E-state index is 0.392. The molecular weight excluding hydrogens is 264 g/mol. The van der Waals surface area contributed by atoms with Crippen molar-refractivity contribution in [2.24, 2.45) is 11.7 Å². The largest absolute Gasteiger partial charge is 0.493 e. The van der Waals surface area contributed by atoms with Crippen molar-refractivity contribution >= 4 is 0 Å². The predicted molar refractivity (Wildman–Crippen MR) is 85.9 cm³/mol. The molecule has 21 heavy (non-hydrogen) atoms. The predicted octanol–water partition coefficient (Wildman–Crippen LogP) is 2.83. The zero-order valence-corrected chi connectivity index (χ0v) is 13.5. The van der Waals surface area contributed by atoms with Gasteiger partial charge in [-0.25, -0.2) is 0 Å². The van der Waals surface area contributed by atoms with E-state index >= 15 is 0 Å². The van der Waals surface area contributed by atoms with E-state index in [0.29, 0.717) is 12.0 Å². The second kappa shape index (κ2) is 7.66. The van der Waals surface area contributed by atoms with E-state index in [1.165, 1.54) is 24.8 Å². The number of hydrogen-bond donors (Lipinski definition) is 1. The quantitative estimate of drug-likeness (QED) is 0.876. The van der Waals surface area contributed by atoms with E-state index in [1.807, 2.05) is 6.07 Å². The first-order valence-electron chi connectivity index (χ1n) is 7.91. The molecule has 0 spiro atoms.